The fraction of sp³-hybridized carbons (Fsp3) is 0.235. The van der Waals surface area contributed by atoms with Gasteiger partial charge in [0.15, 0.2) is 5.82 Å². The van der Waals surface area contributed by atoms with Crippen molar-refractivity contribution in [2.24, 2.45) is 7.05 Å². The molecule has 0 radical (unpaired) electrons. The van der Waals surface area contributed by atoms with E-state index in [0.717, 1.165) is 22.6 Å². The van der Waals surface area contributed by atoms with Crippen LogP contribution in [0.15, 0.2) is 24.5 Å². The lowest BCUT2D eigenvalue weighted by molar-refractivity contribution is 0.0963. The zero-order valence-electron chi connectivity index (χ0n) is 15.0. The minimum Gasteiger partial charge on any atom is -0.365 e. The van der Waals surface area contributed by atoms with Crippen molar-refractivity contribution in [3.8, 4) is 11.3 Å². The molecule has 3 aromatic heterocycles. The van der Waals surface area contributed by atoms with Crippen LogP contribution in [-0.4, -0.2) is 45.0 Å². The van der Waals surface area contributed by atoms with Gasteiger partial charge >= 0.3 is 0 Å². The molecule has 0 aliphatic carbocycles. The van der Waals surface area contributed by atoms with E-state index in [1.54, 1.807) is 31.2 Å². The van der Waals surface area contributed by atoms with Gasteiger partial charge in [-0.05, 0) is 12.1 Å². The normalized spacial score (nSPS) is 12.4. The summed E-state index contributed by atoms with van der Waals surface area (Å²) in [7, 11) is 5.32. The first-order valence-electron chi connectivity index (χ1n) is 8.23. The predicted molar refractivity (Wildman–Crippen MR) is 102 cm³/mol. The van der Waals surface area contributed by atoms with Crippen LogP contribution in [0.4, 0.5) is 17.2 Å². The van der Waals surface area contributed by atoms with Crippen molar-refractivity contribution in [2.75, 3.05) is 24.3 Å². The minimum absolute atomic E-state index is 0.268. The molecule has 2 N–H and O–H groups in total. The number of nitrogens with one attached hydrogen (secondary N) is 2. The SMILES string of the molecule is CNC(=O)c1cnc(Cl)cc1Nc1nccc2c1N(C)Cc1nn(C)nc1-2. The van der Waals surface area contributed by atoms with Gasteiger partial charge in [-0.15, -0.1) is 0 Å². The van der Waals surface area contributed by atoms with E-state index in [9.17, 15) is 4.79 Å². The number of carbonyl (C=O) groups excluding carboxylic acids is 1. The van der Waals surface area contributed by atoms with Crippen molar-refractivity contribution in [3.63, 3.8) is 0 Å². The Morgan fingerprint density at radius 1 is 1.26 bits per heavy atom. The van der Waals surface area contributed by atoms with Crippen molar-refractivity contribution in [3.05, 3.63) is 40.9 Å². The summed E-state index contributed by atoms with van der Waals surface area (Å²) in [4.78, 5) is 24.2. The Morgan fingerprint density at radius 2 is 2.07 bits per heavy atom. The Hall–Kier alpha value is -3.20. The number of rotatable bonds is 3. The summed E-state index contributed by atoms with van der Waals surface area (Å²) in [6.45, 7) is 0.607. The van der Waals surface area contributed by atoms with Gasteiger partial charge in [-0.2, -0.15) is 15.0 Å². The minimum atomic E-state index is -0.268. The number of hydrogen-bond acceptors (Lipinski definition) is 7. The van der Waals surface area contributed by atoms with E-state index in [2.05, 4.69) is 30.8 Å². The van der Waals surface area contributed by atoms with E-state index in [0.29, 0.717) is 23.6 Å². The highest BCUT2D eigenvalue weighted by Crippen LogP contribution is 2.41. The van der Waals surface area contributed by atoms with Crippen LogP contribution in [0.1, 0.15) is 16.1 Å². The molecule has 9 nitrogen and oxygen atoms in total. The number of halogens is 1. The first-order chi connectivity index (χ1) is 13.0. The number of carbonyl (C=O) groups is 1. The number of amides is 1. The lowest BCUT2D eigenvalue weighted by Gasteiger charge is -2.28. The van der Waals surface area contributed by atoms with Crippen LogP contribution in [0.2, 0.25) is 5.15 Å². The van der Waals surface area contributed by atoms with Gasteiger partial charge in [-0.25, -0.2) is 9.97 Å². The second-order valence-corrected chi connectivity index (χ2v) is 6.54. The topological polar surface area (TPSA) is 101 Å². The van der Waals surface area contributed by atoms with Gasteiger partial charge in [-0.1, -0.05) is 11.6 Å². The number of pyridine rings is 2. The first-order valence-corrected chi connectivity index (χ1v) is 8.61. The molecule has 4 rings (SSSR count). The van der Waals surface area contributed by atoms with Gasteiger partial charge in [0.05, 0.1) is 23.5 Å². The van der Waals surface area contributed by atoms with Crippen LogP contribution in [0, 0.1) is 0 Å². The second-order valence-electron chi connectivity index (χ2n) is 6.15. The van der Waals surface area contributed by atoms with Crippen LogP contribution < -0.4 is 15.5 Å². The number of aromatic nitrogens is 5. The molecule has 0 saturated heterocycles. The van der Waals surface area contributed by atoms with Crippen molar-refractivity contribution < 1.29 is 4.79 Å². The van der Waals surface area contributed by atoms with Gasteiger partial charge < -0.3 is 15.5 Å². The van der Waals surface area contributed by atoms with Crippen molar-refractivity contribution in [1.29, 1.82) is 0 Å². The largest absolute Gasteiger partial charge is 0.365 e. The Balaban J connectivity index is 1.82. The Labute approximate surface area is 160 Å². The molecule has 10 heteroatoms. The molecule has 4 heterocycles. The maximum absolute atomic E-state index is 12.2. The summed E-state index contributed by atoms with van der Waals surface area (Å²) in [6.07, 6.45) is 3.13. The standard InChI is InChI=1S/C17H17ClN8O/c1-19-17(27)10-7-21-13(18)6-11(10)22-16-15-9(4-5-20-16)14-12(8-25(15)2)23-26(3)24-14/h4-7H,8H2,1-3H3,(H,19,27)(H,20,21,22). The molecule has 138 valence electrons. The summed E-state index contributed by atoms with van der Waals surface area (Å²) < 4.78 is 0. The van der Waals surface area contributed by atoms with Gasteiger partial charge in [0.2, 0.25) is 0 Å². The zero-order chi connectivity index (χ0) is 19.1. The van der Waals surface area contributed by atoms with Crippen LogP contribution in [-0.2, 0) is 13.6 Å². The quantitative estimate of drug-likeness (QED) is 0.666. The molecular weight excluding hydrogens is 368 g/mol. The zero-order valence-corrected chi connectivity index (χ0v) is 15.7. The van der Waals surface area contributed by atoms with Crippen LogP contribution in [0.3, 0.4) is 0 Å². The fourth-order valence-electron chi connectivity index (χ4n) is 3.17. The number of fused-ring (bicyclic) bond motifs is 3. The van der Waals surface area contributed by atoms with Crippen molar-refractivity contribution in [1.82, 2.24) is 30.3 Å². The van der Waals surface area contributed by atoms with Gasteiger partial charge in [0.25, 0.3) is 5.91 Å². The van der Waals surface area contributed by atoms with E-state index in [4.69, 9.17) is 11.6 Å². The summed E-state index contributed by atoms with van der Waals surface area (Å²) in [5.74, 6) is 0.328. The second kappa shape index (κ2) is 6.51. The van der Waals surface area contributed by atoms with Crippen molar-refractivity contribution >= 4 is 34.7 Å². The average molecular weight is 385 g/mol. The highest BCUT2D eigenvalue weighted by molar-refractivity contribution is 6.29. The van der Waals surface area contributed by atoms with E-state index in [1.807, 2.05) is 18.0 Å². The van der Waals surface area contributed by atoms with Crippen molar-refractivity contribution in [2.45, 2.75) is 6.54 Å². The summed E-state index contributed by atoms with van der Waals surface area (Å²) >= 11 is 6.04. The number of hydrogen-bond donors (Lipinski definition) is 2. The summed E-state index contributed by atoms with van der Waals surface area (Å²) in [5, 5.41) is 15.0. The number of aryl methyl sites for hydroxylation is 1. The maximum Gasteiger partial charge on any atom is 0.254 e. The van der Waals surface area contributed by atoms with E-state index >= 15 is 0 Å². The molecule has 0 fully saturated rings. The van der Waals surface area contributed by atoms with E-state index in [-0.39, 0.29) is 11.1 Å². The Kier molecular flexibility index (Phi) is 4.15. The average Bonchev–Trinajstić information content (AvgIpc) is 3.01. The van der Waals surface area contributed by atoms with E-state index < -0.39 is 0 Å². The molecule has 1 amide bonds. The third-order valence-corrected chi connectivity index (χ3v) is 4.53. The lowest BCUT2D eigenvalue weighted by Crippen LogP contribution is -2.24. The third-order valence-electron chi connectivity index (χ3n) is 4.33. The molecule has 0 saturated carbocycles. The summed E-state index contributed by atoms with van der Waals surface area (Å²) in [6, 6.07) is 3.51. The first kappa shape index (κ1) is 17.2. The molecule has 0 bridgehead atoms. The van der Waals surface area contributed by atoms with Gasteiger partial charge in [-0.3, -0.25) is 4.79 Å². The highest BCUT2D eigenvalue weighted by Gasteiger charge is 2.27. The smallest absolute Gasteiger partial charge is 0.254 e. The fourth-order valence-corrected chi connectivity index (χ4v) is 3.32. The lowest BCUT2D eigenvalue weighted by atomic mass is 10.0. The molecule has 27 heavy (non-hydrogen) atoms. The summed E-state index contributed by atoms with van der Waals surface area (Å²) in [5.41, 5.74) is 4.43. The highest BCUT2D eigenvalue weighted by atomic mass is 35.5. The molecule has 0 aromatic carbocycles. The van der Waals surface area contributed by atoms with Gasteiger partial charge in [0.1, 0.15) is 16.5 Å². The number of anilines is 3. The Bertz CT molecular complexity index is 1050. The van der Waals surface area contributed by atoms with Gasteiger partial charge in [0, 0.05) is 39.1 Å². The predicted octanol–water partition coefficient (Wildman–Crippen LogP) is 1.98. The number of nitrogens with zero attached hydrogens (tertiary/aromatic N) is 6. The molecule has 1 aliphatic heterocycles. The molecule has 0 spiro atoms. The third kappa shape index (κ3) is 2.95. The van der Waals surface area contributed by atoms with Crippen LogP contribution in [0.25, 0.3) is 11.3 Å². The van der Waals surface area contributed by atoms with E-state index in [1.165, 1.54) is 6.20 Å². The molecule has 0 unspecified atom stereocenters. The van der Waals surface area contributed by atoms with Crippen LogP contribution >= 0.6 is 11.6 Å². The molecule has 1 aliphatic rings. The Morgan fingerprint density at radius 3 is 2.85 bits per heavy atom. The monoisotopic (exact) mass is 384 g/mol. The van der Waals surface area contributed by atoms with Crippen LogP contribution in [0.5, 0.6) is 0 Å². The molecule has 3 aromatic rings. The maximum atomic E-state index is 12.2. The molecule has 0 atom stereocenters. The molecular formula is C17H17ClN8O.